The SMILES string of the molecule is Cc1cc(C(=O)NC(C)c2cnc(OCC(F)(F)F)c(F)c2)nc(C2(C(N)=O)CCC2)n1. The monoisotopic (exact) mass is 455 g/mol. The molecule has 2 heterocycles. The molecule has 3 rings (SSSR count). The van der Waals surface area contributed by atoms with Gasteiger partial charge in [-0.3, -0.25) is 9.59 Å². The first kappa shape index (κ1) is 23.4. The van der Waals surface area contributed by atoms with Crippen LogP contribution in [0.5, 0.6) is 5.88 Å². The van der Waals surface area contributed by atoms with Crippen molar-refractivity contribution in [3.05, 3.63) is 46.9 Å². The Hall–Kier alpha value is -3.31. The molecule has 8 nitrogen and oxygen atoms in total. The summed E-state index contributed by atoms with van der Waals surface area (Å²) in [4.78, 5) is 36.7. The Labute approximate surface area is 180 Å². The van der Waals surface area contributed by atoms with Crippen LogP contribution in [0.4, 0.5) is 17.6 Å². The zero-order valence-electron chi connectivity index (χ0n) is 17.3. The third-order valence-electron chi connectivity index (χ3n) is 5.24. The summed E-state index contributed by atoms with van der Waals surface area (Å²) in [6.45, 7) is 1.51. The first-order valence-electron chi connectivity index (χ1n) is 9.73. The van der Waals surface area contributed by atoms with Crippen molar-refractivity contribution in [1.29, 1.82) is 0 Å². The molecule has 0 aromatic carbocycles. The van der Waals surface area contributed by atoms with Crippen molar-refractivity contribution in [3.8, 4) is 5.88 Å². The maximum absolute atomic E-state index is 14.1. The van der Waals surface area contributed by atoms with Gasteiger partial charge in [0.25, 0.3) is 11.8 Å². The number of hydrogen-bond acceptors (Lipinski definition) is 6. The number of nitrogens with zero attached hydrogens (tertiary/aromatic N) is 3. The van der Waals surface area contributed by atoms with E-state index >= 15 is 0 Å². The largest absolute Gasteiger partial charge is 0.466 e. The average molecular weight is 455 g/mol. The minimum Gasteiger partial charge on any atom is -0.466 e. The molecule has 2 amide bonds. The number of alkyl halides is 3. The molecule has 0 saturated heterocycles. The third-order valence-corrected chi connectivity index (χ3v) is 5.24. The van der Waals surface area contributed by atoms with Crippen LogP contribution in [0.1, 0.15) is 59.8 Å². The number of halogens is 4. The van der Waals surface area contributed by atoms with E-state index in [1.165, 1.54) is 13.0 Å². The molecule has 1 aliphatic carbocycles. The molecule has 0 aliphatic heterocycles. The van der Waals surface area contributed by atoms with Crippen LogP contribution in [0, 0.1) is 12.7 Å². The van der Waals surface area contributed by atoms with Crippen molar-refractivity contribution in [2.75, 3.05) is 6.61 Å². The van der Waals surface area contributed by atoms with Crippen molar-refractivity contribution in [2.24, 2.45) is 5.73 Å². The fourth-order valence-electron chi connectivity index (χ4n) is 3.30. The number of carbonyl (C=O) groups excluding carboxylic acids is 2. The first-order valence-corrected chi connectivity index (χ1v) is 9.73. The molecule has 1 fully saturated rings. The van der Waals surface area contributed by atoms with Crippen LogP contribution in [0.3, 0.4) is 0 Å². The predicted molar refractivity (Wildman–Crippen MR) is 103 cm³/mol. The van der Waals surface area contributed by atoms with Crippen LogP contribution in [-0.4, -0.2) is 39.5 Å². The second-order valence-electron chi connectivity index (χ2n) is 7.67. The second kappa shape index (κ2) is 8.67. The summed E-state index contributed by atoms with van der Waals surface area (Å²) in [5.74, 6) is -2.86. The quantitative estimate of drug-likeness (QED) is 0.620. The van der Waals surface area contributed by atoms with E-state index in [2.05, 4.69) is 25.0 Å². The Morgan fingerprint density at radius 3 is 2.50 bits per heavy atom. The highest BCUT2D eigenvalue weighted by Gasteiger charge is 2.47. The molecule has 32 heavy (non-hydrogen) atoms. The lowest BCUT2D eigenvalue weighted by atomic mass is 9.67. The summed E-state index contributed by atoms with van der Waals surface area (Å²) in [6, 6.07) is 1.61. The Bertz CT molecular complexity index is 1040. The summed E-state index contributed by atoms with van der Waals surface area (Å²) in [7, 11) is 0. The fourth-order valence-corrected chi connectivity index (χ4v) is 3.30. The van der Waals surface area contributed by atoms with E-state index in [1.54, 1.807) is 6.92 Å². The van der Waals surface area contributed by atoms with Gasteiger partial charge < -0.3 is 15.8 Å². The number of amides is 2. The highest BCUT2D eigenvalue weighted by molar-refractivity contribution is 5.93. The van der Waals surface area contributed by atoms with E-state index in [-0.39, 0.29) is 17.1 Å². The topological polar surface area (TPSA) is 120 Å². The minimum absolute atomic E-state index is 0.00503. The summed E-state index contributed by atoms with van der Waals surface area (Å²) >= 11 is 0. The zero-order valence-corrected chi connectivity index (χ0v) is 17.3. The van der Waals surface area contributed by atoms with Gasteiger partial charge in [0, 0.05) is 11.9 Å². The fraction of sp³-hybridized carbons (Fsp3) is 0.450. The Balaban J connectivity index is 1.75. The van der Waals surface area contributed by atoms with Crippen LogP contribution >= 0.6 is 0 Å². The molecule has 172 valence electrons. The molecule has 1 saturated carbocycles. The van der Waals surface area contributed by atoms with E-state index in [1.807, 2.05) is 0 Å². The predicted octanol–water partition coefficient (Wildman–Crippen LogP) is 2.66. The van der Waals surface area contributed by atoms with Crippen molar-refractivity contribution < 1.29 is 31.9 Å². The molecule has 12 heteroatoms. The average Bonchev–Trinajstić information content (AvgIpc) is 2.64. The van der Waals surface area contributed by atoms with Gasteiger partial charge in [0.05, 0.1) is 6.04 Å². The number of aromatic nitrogens is 3. The molecule has 3 N–H and O–H groups in total. The summed E-state index contributed by atoms with van der Waals surface area (Å²) in [6.07, 6.45) is -1.74. The number of rotatable bonds is 7. The van der Waals surface area contributed by atoms with Gasteiger partial charge in [0.2, 0.25) is 5.91 Å². The third kappa shape index (κ3) is 4.94. The van der Waals surface area contributed by atoms with Crippen molar-refractivity contribution >= 4 is 11.8 Å². The number of hydrogen-bond donors (Lipinski definition) is 2. The first-order chi connectivity index (χ1) is 14.9. The summed E-state index contributed by atoms with van der Waals surface area (Å²) in [5, 5.41) is 2.61. The highest BCUT2D eigenvalue weighted by Crippen LogP contribution is 2.42. The van der Waals surface area contributed by atoms with Crippen LogP contribution in [-0.2, 0) is 10.2 Å². The van der Waals surface area contributed by atoms with Crippen molar-refractivity contribution in [3.63, 3.8) is 0 Å². The molecule has 1 aliphatic rings. The normalized spacial score (nSPS) is 16.1. The number of primary amides is 1. The van der Waals surface area contributed by atoms with Gasteiger partial charge in [-0.05, 0) is 44.4 Å². The number of aryl methyl sites for hydroxylation is 1. The standard InChI is InChI=1S/C20H21F4N5O3/c1-10-6-14(29-18(27-10)19(17(25)31)4-3-5-19)15(30)28-11(2)12-7-13(21)16(26-8-12)32-9-20(22,23)24/h6-8,11H,3-5,9H2,1-2H3,(H2,25,31)(H,28,30). The molecular weight excluding hydrogens is 434 g/mol. The van der Waals surface area contributed by atoms with Gasteiger partial charge >= 0.3 is 6.18 Å². The summed E-state index contributed by atoms with van der Waals surface area (Å²) in [5.41, 5.74) is 5.22. The number of ether oxygens (including phenoxy) is 1. The lowest BCUT2D eigenvalue weighted by Crippen LogP contribution is -2.48. The molecule has 1 atom stereocenters. The Morgan fingerprint density at radius 1 is 1.28 bits per heavy atom. The van der Waals surface area contributed by atoms with Crippen LogP contribution in [0.15, 0.2) is 18.3 Å². The molecule has 0 bridgehead atoms. The lowest BCUT2D eigenvalue weighted by Gasteiger charge is -2.37. The van der Waals surface area contributed by atoms with E-state index < -0.39 is 47.8 Å². The molecular formula is C20H21F4N5O3. The van der Waals surface area contributed by atoms with Crippen molar-refractivity contribution in [1.82, 2.24) is 20.3 Å². The number of nitrogens with two attached hydrogens (primary N) is 1. The van der Waals surface area contributed by atoms with Gasteiger partial charge in [-0.1, -0.05) is 6.42 Å². The number of pyridine rings is 1. The van der Waals surface area contributed by atoms with Crippen LogP contribution in [0.25, 0.3) is 0 Å². The van der Waals surface area contributed by atoms with Gasteiger partial charge in [0.15, 0.2) is 12.4 Å². The molecule has 2 aromatic rings. The van der Waals surface area contributed by atoms with Crippen LogP contribution < -0.4 is 15.8 Å². The lowest BCUT2D eigenvalue weighted by molar-refractivity contribution is -0.154. The van der Waals surface area contributed by atoms with E-state index in [9.17, 15) is 27.2 Å². The molecule has 1 unspecified atom stereocenters. The van der Waals surface area contributed by atoms with E-state index in [4.69, 9.17) is 5.73 Å². The van der Waals surface area contributed by atoms with Gasteiger partial charge in [-0.15, -0.1) is 0 Å². The maximum atomic E-state index is 14.1. The smallest absolute Gasteiger partial charge is 0.422 e. The van der Waals surface area contributed by atoms with E-state index in [0.717, 1.165) is 18.7 Å². The van der Waals surface area contributed by atoms with Crippen LogP contribution in [0.2, 0.25) is 0 Å². The molecule has 2 aromatic heterocycles. The van der Waals surface area contributed by atoms with Gasteiger partial charge in [0.1, 0.15) is 16.9 Å². The summed E-state index contributed by atoms with van der Waals surface area (Å²) < 4.78 is 55.1. The minimum atomic E-state index is -4.63. The second-order valence-corrected chi connectivity index (χ2v) is 7.67. The van der Waals surface area contributed by atoms with Gasteiger partial charge in [-0.25, -0.2) is 19.3 Å². The molecule has 0 radical (unpaired) electrons. The highest BCUT2D eigenvalue weighted by atomic mass is 19.4. The van der Waals surface area contributed by atoms with E-state index in [0.29, 0.717) is 18.5 Å². The van der Waals surface area contributed by atoms with Gasteiger partial charge in [-0.2, -0.15) is 13.2 Å². The number of nitrogens with one attached hydrogen (secondary N) is 1. The zero-order chi connectivity index (χ0) is 23.7. The van der Waals surface area contributed by atoms with Crippen molar-refractivity contribution in [2.45, 2.75) is 50.7 Å². The molecule has 0 spiro atoms. The number of carbonyl (C=O) groups is 2. The maximum Gasteiger partial charge on any atom is 0.422 e. The Morgan fingerprint density at radius 2 is 1.97 bits per heavy atom. The Kier molecular flexibility index (Phi) is 6.33.